The maximum atomic E-state index is 5.65. The highest BCUT2D eigenvalue weighted by molar-refractivity contribution is 5.66. The van der Waals surface area contributed by atoms with Crippen molar-refractivity contribution in [1.82, 2.24) is 9.97 Å². The summed E-state index contributed by atoms with van der Waals surface area (Å²) in [6.45, 7) is 1.86. The van der Waals surface area contributed by atoms with E-state index in [1.165, 1.54) is 0 Å². The fraction of sp³-hybridized carbons (Fsp3) is 0.111. The van der Waals surface area contributed by atoms with Gasteiger partial charge in [0.25, 0.3) is 0 Å². The number of nitrogens with zero attached hydrogens (tertiary/aromatic N) is 2. The zero-order valence-electron chi connectivity index (χ0n) is 7.19. The van der Waals surface area contributed by atoms with E-state index in [1.807, 2.05) is 13.0 Å². The average Bonchev–Trinajstić information content (AvgIpc) is 2.53. The molecule has 0 aliphatic rings. The summed E-state index contributed by atoms with van der Waals surface area (Å²) < 4.78 is 5.20. The number of hydrogen-bond acceptors (Lipinski definition) is 4. The number of aryl methyl sites for hydroxylation is 1. The minimum absolute atomic E-state index is 0.435. The van der Waals surface area contributed by atoms with Crippen molar-refractivity contribution in [3.05, 3.63) is 30.3 Å². The number of nitrogens with two attached hydrogens (primary N) is 1. The van der Waals surface area contributed by atoms with Crippen LogP contribution in [-0.2, 0) is 0 Å². The molecule has 2 N–H and O–H groups in total. The summed E-state index contributed by atoms with van der Waals surface area (Å²) in [6.07, 6.45) is 3.22. The molecule has 0 spiro atoms. The summed E-state index contributed by atoms with van der Waals surface area (Å²) in [5.74, 6) is 0.951. The van der Waals surface area contributed by atoms with Crippen molar-refractivity contribution in [1.29, 1.82) is 0 Å². The topological polar surface area (TPSA) is 64.9 Å². The van der Waals surface area contributed by atoms with E-state index in [1.54, 1.807) is 18.5 Å². The molecule has 0 aromatic carbocycles. The third-order valence-corrected chi connectivity index (χ3v) is 1.69. The fourth-order valence-electron chi connectivity index (χ4n) is 1.08. The average molecular weight is 175 g/mol. The van der Waals surface area contributed by atoms with Crippen LogP contribution in [0.2, 0.25) is 0 Å². The van der Waals surface area contributed by atoms with E-state index < -0.39 is 0 Å². The zero-order valence-corrected chi connectivity index (χ0v) is 7.19. The normalized spacial score (nSPS) is 10.2. The predicted octanol–water partition coefficient (Wildman–Crippen LogP) is 1.63. The maximum absolute atomic E-state index is 5.65. The Labute approximate surface area is 75.4 Å². The van der Waals surface area contributed by atoms with Crippen molar-refractivity contribution in [3.8, 4) is 11.5 Å². The third-order valence-electron chi connectivity index (χ3n) is 1.69. The first-order valence-electron chi connectivity index (χ1n) is 3.90. The molecule has 13 heavy (non-hydrogen) atoms. The van der Waals surface area contributed by atoms with Crippen LogP contribution in [0.4, 0.5) is 5.82 Å². The summed E-state index contributed by atoms with van der Waals surface area (Å²) >= 11 is 0. The molecule has 0 atom stereocenters. The Hall–Kier alpha value is -1.84. The van der Waals surface area contributed by atoms with Gasteiger partial charge in [0.15, 0.2) is 0 Å². The van der Waals surface area contributed by atoms with E-state index >= 15 is 0 Å². The van der Waals surface area contributed by atoms with Gasteiger partial charge < -0.3 is 10.2 Å². The van der Waals surface area contributed by atoms with Crippen LogP contribution in [0.5, 0.6) is 0 Å². The molecule has 0 bridgehead atoms. The SMILES string of the molecule is Cc1coc(-c2cccnc2N)n1. The van der Waals surface area contributed by atoms with Gasteiger partial charge in [0, 0.05) is 6.20 Å². The smallest absolute Gasteiger partial charge is 0.229 e. The van der Waals surface area contributed by atoms with E-state index in [9.17, 15) is 0 Å². The molecule has 0 saturated carbocycles. The number of oxazole rings is 1. The molecule has 0 aliphatic carbocycles. The molecule has 0 aliphatic heterocycles. The van der Waals surface area contributed by atoms with E-state index in [4.69, 9.17) is 10.2 Å². The lowest BCUT2D eigenvalue weighted by Crippen LogP contribution is -1.92. The second-order valence-corrected chi connectivity index (χ2v) is 2.73. The Kier molecular flexibility index (Phi) is 1.73. The van der Waals surface area contributed by atoms with Crippen molar-refractivity contribution >= 4 is 5.82 Å². The molecule has 0 radical (unpaired) electrons. The quantitative estimate of drug-likeness (QED) is 0.715. The number of pyridine rings is 1. The highest BCUT2D eigenvalue weighted by atomic mass is 16.3. The Balaban J connectivity index is 2.52. The van der Waals surface area contributed by atoms with Crippen molar-refractivity contribution < 1.29 is 4.42 Å². The Morgan fingerprint density at radius 3 is 2.92 bits per heavy atom. The van der Waals surface area contributed by atoms with Crippen LogP contribution in [0.1, 0.15) is 5.69 Å². The summed E-state index contributed by atoms with van der Waals surface area (Å²) in [5.41, 5.74) is 7.21. The second-order valence-electron chi connectivity index (χ2n) is 2.73. The van der Waals surface area contributed by atoms with E-state index in [-0.39, 0.29) is 0 Å². The predicted molar refractivity (Wildman–Crippen MR) is 48.9 cm³/mol. The highest BCUT2D eigenvalue weighted by Gasteiger charge is 2.07. The van der Waals surface area contributed by atoms with Crippen LogP contribution in [0.3, 0.4) is 0 Å². The van der Waals surface area contributed by atoms with Gasteiger partial charge >= 0.3 is 0 Å². The van der Waals surface area contributed by atoms with Crippen LogP contribution in [0.25, 0.3) is 11.5 Å². The van der Waals surface area contributed by atoms with Gasteiger partial charge in [-0.15, -0.1) is 0 Å². The molecular formula is C9H9N3O. The minimum atomic E-state index is 0.435. The van der Waals surface area contributed by atoms with Gasteiger partial charge in [-0.05, 0) is 19.1 Å². The summed E-state index contributed by atoms with van der Waals surface area (Å²) in [6, 6.07) is 3.62. The Morgan fingerprint density at radius 2 is 2.31 bits per heavy atom. The van der Waals surface area contributed by atoms with Gasteiger partial charge in [-0.3, -0.25) is 0 Å². The largest absolute Gasteiger partial charge is 0.444 e. The van der Waals surface area contributed by atoms with Crippen molar-refractivity contribution in [2.24, 2.45) is 0 Å². The number of nitrogen functional groups attached to an aromatic ring is 1. The Bertz CT molecular complexity index is 422. The highest BCUT2D eigenvalue weighted by Crippen LogP contribution is 2.22. The zero-order chi connectivity index (χ0) is 9.26. The number of hydrogen-bond donors (Lipinski definition) is 1. The number of aromatic nitrogens is 2. The lowest BCUT2D eigenvalue weighted by Gasteiger charge is -1.97. The van der Waals surface area contributed by atoms with Gasteiger partial charge in [-0.1, -0.05) is 0 Å². The van der Waals surface area contributed by atoms with Crippen molar-refractivity contribution in [3.63, 3.8) is 0 Å². The van der Waals surface area contributed by atoms with E-state index in [2.05, 4.69) is 9.97 Å². The van der Waals surface area contributed by atoms with E-state index in [0.717, 1.165) is 11.3 Å². The molecule has 0 amide bonds. The molecule has 2 aromatic rings. The standard InChI is InChI=1S/C9H9N3O/c1-6-5-13-9(12-6)7-3-2-4-11-8(7)10/h2-5H,1H3,(H2,10,11). The Morgan fingerprint density at radius 1 is 1.46 bits per heavy atom. The molecule has 66 valence electrons. The summed E-state index contributed by atoms with van der Waals surface area (Å²) in [5, 5.41) is 0. The lowest BCUT2D eigenvalue weighted by atomic mass is 10.2. The molecule has 0 saturated heterocycles. The van der Waals surface area contributed by atoms with Crippen LogP contribution in [0.15, 0.2) is 29.0 Å². The first-order chi connectivity index (χ1) is 6.27. The molecule has 0 unspecified atom stereocenters. The third kappa shape index (κ3) is 1.38. The first-order valence-corrected chi connectivity index (χ1v) is 3.90. The van der Waals surface area contributed by atoms with Gasteiger partial charge in [0.05, 0.1) is 11.3 Å². The fourth-order valence-corrected chi connectivity index (χ4v) is 1.08. The summed E-state index contributed by atoms with van der Waals surface area (Å²) in [4.78, 5) is 8.10. The van der Waals surface area contributed by atoms with Crippen LogP contribution < -0.4 is 5.73 Å². The first kappa shape index (κ1) is 7.79. The van der Waals surface area contributed by atoms with Crippen molar-refractivity contribution in [2.45, 2.75) is 6.92 Å². The minimum Gasteiger partial charge on any atom is -0.444 e. The van der Waals surface area contributed by atoms with Crippen LogP contribution in [0, 0.1) is 6.92 Å². The monoisotopic (exact) mass is 175 g/mol. The number of rotatable bonds is 1. The van der Waals surface area contributed by atoms with Crippen LogP contribution in [-0.4, -0.2) is 9.97 Å². The lowest BCUT2D eigenvalue weighted by molar-refractivity contribution is 0.573. The molecule has 2 aromatic heterocycles. The van der Waals surface area contributed by atoms with Gasteiger partial charge in [0.1, 0.15) is 12.1 Å². The van der Waals surface area contributed by atoms with E-state index in [0.29, 0.717) is 11.7 Å². The molecule has 2 rings (SSSR count). The summed E-state index contributed by atoms with van der Waals surface area (Å²) in [7, 11) is 0. The molecule has 4 heteroatoms. The number of anilines is 1. The molecule has 2 heterocycles. The van der Waals surface area contributed by atoms with Crippen molar-refractivity contribution in [2.75, 3.05) is 5.73 Å². The van der Waals surface area contributed by atoms with Gasteiger partial charge in [0.2, 0.25) is 5.89 Å². The maximum Gasteiger partial charge on any atom is 0.229 e. The van der Waals surface area contributed by atoms with Gasteiger partial charge in [-0.25, -0.2) is 9.97 Å². The second kappa shape index (κ2) is 2.90. The van der Waals surface area contributed by atoms with Gasteiger partial charge in [-0.2, -0.15) is 0 Å². The molecule has 0 fully saturated rings. The molecular weight excluding hydrogens is 166 g/mol. The van der Waals surface area contributed by atoms with Crippen LogP contribution >= 0.6 is 0 Å². The molecule has 4 nitrogen and oxygen atoms in total.